The summed E-state index contributed by atoms with van der Waals surface area (Å²) in [5.41, 5.74) is -0.00586. The fraction of sp³-hybridized carbons (Fsp3) is 0.455. The Bertz CT molecular complexity index is 496. The van der Waals surface area contributed by atoms with Gasteiger partial charge in [-0.2, -0.15) is 8.78 Å². The number of ether oxygens (including phenoxy) is 1. The molecule has 0 unspecified atom stereocenters. The highest BCUT2D eigenvalue weighted by molar-refractivity contribution is 7.92. The topological polar surface area (TPSA) is 55.4 Å². The van der Waals surface area contributed by atoms with Gasteiger partial charge in [0.2, 0.25) is 10.0 Å². The third-order valence-corrected chi connectivity index (χ3v) is 3.79. The van der Waals surface area contributed by atoms with E-state index < -0.39 is 16.6 Å². The summed E-state index contributed by atoms with van der Waals surface area (Å²) in [5.74, 6) is 0.0435. The van der Waals surface area contributed by atoms with Gasteiger partial charge in [0.1, 0.15) is 5.75 Å². The first-order valence-corrected chi connectivity index (χ1v) is 7.73. The molecule has 1 aromatic carbocycles. The van der Waals surface area contributed by atoms with E-state index in [-0.39, 0.29) is 17.2 Å². The molecule has 0 aliphatic carbocycles. The second-order valence-electron chi connectivity index (χ2n) is 3.69. The van der Waals surface area contributed by atoms with Gasteiger partial charge in [0, 0.05) is 5.88 Å². The summed E-state index contributed by atoms with van der Waals surface area (Å²) in [7, 11) is -3.60. The Morgan fingerprint density at radius 1 is 1.26 bits per heavy atom. The summed E-state index contributed by atoms with van der Waals surface area (Å²) in [6.07, 6.45) is 0.967. The van der Waals surface area contributed by atoms with Crippen molar-refractivity contribution >= 4 is 27.3 Å². The summed E-state index contributed by atoms with van der Waals surface area (Å²) in [5, 5.41) is 0. The number of sulfonamides is 1. The first kappa shape index (κ1) is 16.0. The molecule has 108 valence electrons. The molecule has 0 amide bonds. The number of rotatable bonds is 8. The van der Waals surface area contributed by atoms with E-state index in [1.54, 1.807) is 0 Å². The smallest absolute Gasteiger partial charge is 0.387 e. The van der Waals surface area contributed by atoms with Crippen LogP contribution in [-0.4, -0.2) is 26.7 Å². The maximum absolute atomic E-state index is 12.2. The lowest BCUT2D eigenvalue weighted by Gasteiger charge is -2.12. The van der Waals surface area contributed by atoms with E-state index in [2.05, 4.69) is 9.46 Å². The molecule has 0 heterocycles. The summed E-state index contributed by atoms with van der Waals surface area (Å²) in [6, 6.07) is 5.62. The number of anilines is 1. The van der Waals surface area contributed by atoms with Crippen molar-refractivity contribution in [1.82, 2.24) is 0 Å². The highest BCUT2D eigenvalue weighted by Gasteiger charge is 2.15. The Morgan fingerprint density at radius 2 is 1.95 bits per heavy atom. The number of alkyl halides is 3. The van der Waals surface area contributed by atoms with Crippen LogP contribution in [-0.2, 0) is 10.0 Å². The minimum Gasteiger partial charge on any atom is -0.433 e. The van der Waals surface area contributed by atoms with Crippen LogP contribution in [0.1, 0.15) is 12.8 Å². The SMILES string of the molecule is O=S(=O)(CCCCCl)Nc1ccccc1OC(F)F. The van der Waals surface area contributed by atoms with E-state index in [9.17, 15) is 17.2 Å². The molecule has 0 saturated heterocycles. The zero-order chi connectivity index (χ0) is 14.3. The lowest BCUT2D eigenvalue weighted by atomic mass is 10.3. The number of unbranched alkanes of at least 4 members (excludes halogenated alkanes) is 1. The highest BCUT2D eigenvalue weighted by atomic mass is 35.5. The van der Waals surface area contributed by atoms with E-state index in [0.29, 0.717) is 18.7 Å². The number of hydrogen-bond donors (Lipinski definition) is 1. The maximum Gasteiger partial charge on any atom is 0.387 e. The van der Waals surface area contributed by atoms with E-state index >= 15 is 0 Å². The molecule has 0 fully saturated rings. The molecule has 0 aliphatic heterocycles. The normalized spacial score (nSPS) is 11.6. The first-order chi connectivity index (χ1) is 8.94. The van der Waals surface area contributed by atoms with Gasteiger partial charge in [-0.25, -0.2) is 8.42 Å². The Kier molecular flexibility index (Phi) is 6.30. The van der Waals surface area contributed by atoms with Crippen LogP contribution < -0.4 is 9.46 Å². The molecule has 0 aromatic heterocycles. The maximum atomic E-state index is 12.2. The fourth-order valence-electron chi connectivity index (χ4n) is 1.35. The molecular weight excluding hydrogens is 300 g/mol. The molecule has 1 aromatic rings. The molecule has 0 radical (unpaired) electrons. The largest absolute Gasteiger partial charge is 0.433 e. The monoisotopic (exact) mass is 313 g/mol. The zero-order valence-electron chi connectivity index (χ0n) is 9.98. The third-order valence-electron chi connectivity index (χ3n) is 2.17. The second-order valence-corrected chi connectivity index (χ2v) is 5.91. The van der Waals surface area contributed by atoms with Crippen molar-refractivity contribution in [2.45, 2.75) is 19.5 Å². The van der Waals surface area contributed by atoms with Crippen LogP contribution in [0.5, 0.6) is 5.75 Å². The molecule has 8 heteroatoms. The molecule has 0 spiro atoms. The Labute approximate surface area is 115 Å². The molecule has 4 nitrogen and oxygen atoms in total. The zero-order valence-corrected chi connectivity index (χ0v) is 11.6. The van der Waals surface area contributed by atoms with Crippen LogP contribution in [0.3, 0.4) is 0 Å². The standard InChI is InChI=1S/C11H14ClF2NO3S/c12-7-3-4-8-19(16,17)15-9-5-1-2-6-10(9)18-11(13)14/h1-2,5-6,11,15H,3-4,7-8H2. The van der Waals surface area contributed by atoms with Crippen molar-refractivity contribution in [3.8, 4) is 5.75 Å². The first-order valence-electron chi connectivity index (χ1n) is 5.55. The van der Waals surface area contributed by atoms with Crippen molar-refractivity contribution < 1.29 is 21.9 Å². The molecule has 0 bridgehead atoms. The van der Waals surface area contributed by atoms with Crippen LogP contribution in [0, 0.1) is 0 Å². The molecule has 0 atom stereocenters. The van der Waals surface area contributed by atoms with E-state index in [4.69, 9.17) is 11.6 Å². The summed E-state index contributed by atoms with van der Waals surface area (Å²) < 4.78 is 54.2. The second kappa shape index (κ2) is 7.49. The summed E-state index contributed by atoms with van der Waals surface area (Å²) in [4.78, 5) is 0. The van der Waals surface area contributed by atoms with Crippen molar-refractivity contribution in [2.24, 2.45) is 0 Å². The van der Waals surface area contributed by atoms with E-state index in [1.165, 1.54) is 24.3 Å². The van der Waals surface area contributed by atoms with Gasteiger partial charge in [-0.15, -0.1) is 11.6 Å². The minimum atomic E-state index is -3.60. The predicted octanol–water partition coefficient (Wildman–Crippen LogP) is 3.05. The van der Waals surface area contributed by atoms with E-state index in [0.717, 1.165) is 0 Å². The molecule has 1 N–H and O–H groups in total. The van der Waals surface area contributed by atoms with Crippen molar-refractivity contribution in [3.05, 3.63) is 24.3 Å². The van der Waals surface area contributed by atoms with Gasteiger partial charge >= 0.3 is 6.61 Å². The van der Waals surface area contributed by atoms with Gasteiger partial charge in [0.15, 0.2) is 0 Å². The summed E-state index contributed by atoms with van der Waals surface area (Å²) >= 11 is 5.45. The average molecular weight is 314 g/mol. The van der Waals surface area contributed by atoms with Gasteiger partial charge < -0.3 is 4.74 Å². The fourth-order valence-corrected chi connectivity index (χ4v) is 2.73. The highest BCUT2D eigenvalue weighted by Crippen LogP contribution is 2.26. The van der Waals surface area contributed by atoms with Crippen LogP contribution in [0.15, 0.2) is 24.3 Å². The van der Waals surface area contributed by atoms with Gasteiger partial charge in [0.05, 0.1) is 11.4 Å². The molecule has 0 saturated carbocycles. The number of benzene rings is 1. The Balaban J connectivity index is 2.75. The van der Waals surface area contributed by atoms with E-state index in [1.807, 2.05) is 0 Å². The Morgan fingerprint density at radius 3 is 2.58 bits per heavy atom. The lowest BCUT2D eigenvalue weighted by Crippen LogP contribution is -2.18. The number of para-hydroxylation sites is 2. The minimum absolute atomic E-state index is 0.00586. The van der Waals surface area contributed by atoms with Crippen molar-refractivity contribution in [1.29, 1.82) is 0 Å². The van der Waals surface area contributed by atoms with Gasteiger partial charge in [0.25, 0.3) is 0 Å². The Hall–Kier alpha value is -1.08. The quantitative estimate of drug-likeness (QED) is 0.593. The predicted molar refractivity (Wildman–Crippen MR) is 70.4 cm³/mol. The third kappa shape index (κ3) is 6.07. The number of halogens is 3. The lowest BCUT2D eigenvalue weighted by molar-refractivity contribution is -0.0493. The van der Waals surface area contributed by atoms with Gasteiger partial charge in [-0.3, -0.25) is 4.72 Å². The van der Waals surface area contributed by atoms with Crippen LogP contribution in [0.25, 0.3) is 0 Å². The number of nitrogens with one attached hydrogen (secondary N) is 1. The van der Waals surface area contributed by atoms with Crippen LogP contribution in [0.4, 0.5) is 14.5 Å². The van der Waals surface area contributed by atoms with Crippen LogP contribution >= 0.6 is 11.6 Å². The van der Waals surface area contributed by atoms with Gasteiger partial charge in [-0.05, 0) is 25.0 Å². The summed E-state index contributed by atoms with van der Waals surface area (Å²) in [6.45, 7) is -3.01. The molecule has 1 rings (SSSR count). The van der Waals surface area contributed by atoms with Crippen molar-refractivity contribution in [2.75, 3.05) is 16.4 Å². The molecule has 0 aliphatic rings. The molecule has 19 heavy (non-hydrogen) atoms. The van der Waals surface area contributed by atoms with Crippen molar-refractivity contribution in [3.63, 3.8) is 0 Å². The number of hydrogen-bond acceptors (Lipinski definition) is 3. The van der Waals surface area contributed by atoms with Crippen LogP contribution in [0.2, 0.25) is 0 Å². The molecular formula is C11H14ClF2NO3S. The van der Waals surface area contributed by atoms with Gasteiger partial charge in [-0.1, -0.05) is 12.1 Å². The average Bonchev–Trinajstić information content (AvgIpc) is 2.31.